The summed E-state index contributed by atoms with van der Waals surface area (Å²) in [7, 11) is 1.74. The minimum Gasteiger partial charge on any atom is -0.655 e. The Balaban J connectivity index is 0.000000471. The molecule has 1 heterocycles. The van der Waals surface area contributed by atoms with Crippen LogP contribution in [0.3, 0.4) is 0 Å². The molecule has 1 aromatic carbocycles. The molecule has 1 unspecified atom stereocenters. The summed E-state index contributed by atoms with van der Waals surface area (Å²) in [5, 5.41) is 25.3. The molecule has 0 aliphatic carbocycles. The first kappa shape index (κ1) is 25.1. The second kappa shape index (κ2) is 14.2. The Morgan fingerprint density at radius 3 is 2.56 bits per heavy atom. The molecule has 5 nitrogen and oxygen atoms in total. The first-order chi connectivity index (χ1) is 11.6. The summed E-state index contributed by atoms with van der Waals surface area (Å²) < 4.78 is 5.10. The monoisotopic (exact) mass is 426 g/mol. The van der Waals surface area contributed by atoms with E-state index in [1.807, 2.05) is 13.8 Å². The summed E-state index contributed by atoms with van der Waals surface area (Å²) in [6.07, 6.45) is 3.54. The number of hydrogen-bond acceptors (Lipinski definition) is 4. The molecule has 1 atom stereocenters. The number of aliphatic hydroxyl groups excluding tert-OH is 1. The fourth-order valence-electron chi connectivity index (χ4n) is 2.79. The molecular weight excluding hydrogens is 393 g/mol. The SMILES string of the molecule is CCC(O)(CC)CNCO.COCCC1[N-]CCc2ccccc21.[Y]. The molecule has 0 spiro atoms. The fourth-order valence-corrected chi connectivity index (χ4v) is 2.79. The Morgan fingerprint density at radius 2 is 1.96 bits per heavy atom. The van der Waals surface area contributed by atoms with Crippen LogP contribution in [0.1, 0.15) is 50.3 Å². The minimum absolute atomic E-state index is 0. The van der Waals surface area contributed by atoms with Crippen LogP contribution in [0.25, 0.3) is 5.32 Å². The van der Waals surface area contributed by atoms with E-state index in [9.17, 15) is 5.11 Å². The molecule has 0 bridgehead atoms. The molecule has 1 radical (unpaired) electrons. The van der Waals surface area contributed by atoms with Gasteiger partial charge in [0.05, 0.1) is 12.3 Å². The van der Waals surface area contributed by atoms with Crippen LogP contribution in [0.4, 0.5) is 0 Å². The van der Waals surface area contributed by atoms with Gasteiger partial charge in [-0.2, -0.15) is 0 Å². The number of hydrogen-bond donors (Lipinski definition) is 3. The molecule has 2 rings (SSSR count). The predicted octanol–water partition coefficient (Wildman–Crippen LogP) is 2.77. The molecule has 1 aliphatic rings. The van der Waals surface area contributed by atoms with E-state index in [0.717, 1.165) is 38.8 Å². The van der Waals surface area contributed by atoms with E-state index in [2.05, 4.69) is 34.9 Å². The molecule has 3 N–H and O–H groups in total. The van der Waals surface area contributed by atoms with E-state index in [4.69, 9.17) is 9.84 Å². The van der Waals surface area contributed by atoms with Crippen LogP contribution in [-0.2, 0) is 43.9 Å². The third-order valence-electron chi connectivity index (χ3n) is 4.62. The van der Waals surface area contributed by atoms with Crippen molar-refractivity contribution >= 4 is 0 Å². The summed E-state index contributed by atoms with van der Waals surface area (Å²) in [4.78, 5) is 0. The summed E-state index contributed by atoms with van der Waals surface area (Å²) in [6.45, 7) is 6.03. The normalized spacial score (nSPS) is 16.3. The molecule has 1 aliphatic heterocycles. The van der Waals surface area contributed by atoms with Crippen molar-refractivity contribution in [3.63, 3.8) is 0 Å². The van der Waals surface area contributed by atoms with Crippen molar-refractivity contribution in [2.45, 2.75) is 51.2 Å². The zero-order valence-corrected chi connectivity index (χ0v) is 18.7. The quantitative estimate of drug-likeness (QED) is 0.559. The Kier molecular flexibility index (Phi) is 14.3. The molecule has 0 saturated carbocycles. The van der Waals surface area contributed by atoms with E-state index >= 15 is 0 Å². The Morgan fingerprint density at radius 1 is 1.28 bits per heavy atom. The van der Waals surface area contributed by atoms with E-state index in [0.29, 0.717) is 12.6 Å². The van der Waals surface area contributed by atoms with Crippen LogP contribution in [0.5, 0.6) is 0 Å². The van der Waals surface area contributed by atoms with Crippen LogP contribution in [0, 0.1) is 0 Å². The first-order valence-electron chi connectivity index (χ1n) is 8.87. The van der Waals surface area contributed by atoms with Crippen molar-refractivity contribution in [2.75, 3.05) is 33.5 Å². The number of nitrogens with zero attached hydrogens (tertiary/aromatic N) is 1. The zero-order chi connectivity index (χ0) is 17.8. The Bertz CT molecular complexity index is 456. The standard InChI is InChI=1S/C12H16NO.C7H17NO2.Y/c1-14-9-7-12-11-5-3-2-4-10(11)6-8-13-12;1-3-7(10,4-2)5-8-6-9;/h2-5,12H,6-9H2,1H3;8-10H,3-6H2,1-2H3;/q-1;;. The van der Waals surface area contributed by atoms with Gasteiger partial charge >= 0.3 is 0 Å². The number of benzene rings is 1. The summed E-state index contributed by atoms with van der Waals surface area (Å²) in [5.41, 5.74) is 2.22. The van der Waals surface area contributed by atoms with Crippen molar-refractivity contribution in [3.05, 3.63) is 40.7 Å². The number of methoxy groups -OCH3 is 1. The molecule has 0 fully saturated rings. The van der Waals surface area contributed by atoms with Crippen LogP contribution in [0.15, 0.2) is 24.3 Å². The van der Waals surface area contributed by atoms with Gasteiger partial charge in [-0.15, -0.1) is 12.6 Å². The Labute approximate surface area is 177 Å². The average Bonchev–Trinajstić information content (AvgIpc) is 2.65. The molecule has 0 aromatic heterocycles. The van der Waals surface area contributed by atoms with E-state index < -0.39 is 5.60 Å². The largest absolute Gasteiger partial charge is 0.655 e. The predicted molar refractivity (Wildman–Crippen MR) is 98.2 cm³/mol. The number of nitrogens with one attached hydrogen (secondary N) is 1. The second-order valence-electron chi connectivity index (χ2n) is 6.17. The van der Waals surface area contributed by atoms with Crippen molar-refractivity contribution < 1.29 is 47.7 Å². The van der Waals surface area contributed by atoms with Gasteiger partial charge < -0.3 is 20.3 Å². The maximum Gasteiger partial charge on any atom is 0.0932 e. The van der Waals surface area contributed by atoms with Crippen LogP contribution < -0.4 is 5.32 Å². The Hall–Kier alpha value is 0.124. The van der Waals surface area contributed by atoms with Gasteiger partial charge in [0.25, 0.3) is 0 Å². The number of rotatable bonds is 8. The van der Waals surface area contributed by atoms with Gasteiger partial charge in [-0.25, -0.2) is 0 Å². The summed E-state index contributed by atoms with van der Waals surface area (Å²) in [5.74, 6) is 0. The van der Waals surface area contributed by atoms with Gasteiger partial charge in [0.2, 0.25) is 0 Å². The molecule has 6 heteroatoms. The van der Waals surface area contributed by atoms with Gasteiger partial charge in [-0.05, 0) is 31.2 Å². The molecule has 141 valence electrons. The second-order valence-corrected chi connectivity index (χ2v) is 6.17. The summed E-state index contributed by atoms with van der Waals surface area (Å²) >= 11 is 0. The summed E-state index contributed by atoms with van der Waals surface area (Å²) in [6, 6.07) is 8.97. The van der Waals surface area contributed by atoms with Crippen molar-refractivity contribution in [1.82, 2.24) is 5.32 Å². The van der Waals surface area contributed by atoms with Crippen LogP contribution >= 0.6 is 0 Å². The van der Waals surface area contributed by atoms with Crippen molar-refractivity contribution in [2.24, 2.45) is 0 Å². The van der Waals surface area contributed by atoms with Crippen LogP contribution in [0.2, 0.25) is 0 Å². The van der Waals surface area contributed by atoms with E-state index in [1.54, 1.807) is 7.11 Å². The number of aliphatic hydroxyl groups is 2. The van der Waals surface area contributed by atoms with Gasteiger partial charge in [0, 0.05) is 53.0 Å². The maximum absolute atomic E-state index is 9.59. The van der Waals surface area contributed by atoms with E-state index in [1.165, 1.54) is 11.1 Å². The van der Waals surface area contributed by atoms with Gasteiger partial charge in [0.1, 0.15) is 0 Å². The molecule has 1 aromatic rings. The van der Waals surface area contributed by atoms with Crippen LogP contribution in [-0.4, -0.2) is 49.4 Å². The van der Waals surface area contributed by atoms with Crippen molar-refractivity contribution in [1.29, 1.82) is 0 Å². The third kappa shape index (κ3) is 9.05. The van der Waals surface area contributed by atoms with Gasteiger partial charge in [-0.1, -0.05) is 43.7 Å². The smallest absolute Gasteiger partial charge is 0.0932 e. The van der Waals surface area contributed by atoms with Gasteiger partial charge in [0.15, 0.2) is 0 Å². The number of ether oxygens (including phenoxy) is 1. The molecule has 0 amide bonds. The maximum atomic E-state index is 9.59. The minimum atomic E-state index is -0.636. The fraction of sp³-hybridized carbons (Fsp3) is 0.684. The topological polar surface area (TPSA) is 75.8 Å². The molecule has 25 heavy (non-hydrogen) atoms. The number of fused-ring (bicyclic) bond motifs is 1. The molecular formula is C19H33N2O3Y-. The third-order valence-corrected chi connectivity index (χ3v) is 4.62. The van der Waals surface area contributed by atoms with Gasteiger partial charge in [-0.3, -0.25) is 5.32 Å². The first-order valence-corrected chi connectivity index (χ1v) is 8.87. The van der Waals surface area contributed by atoms with E-state index in [-0.39, 0.29) is 39.4 Å². The average molecular weight is 426 g/mol. The van der Waals surface area contributed by atoms with Crippen molar-refractivity contribution in [3.8, 4) is 0 Å². The zero-order valence-electron chi connectivity index (χ0n) is 15.9. The molecule has 0 saturated heterocycles.